The van der Waals surface area contributed by atoms with E-state index in [1.165, 1.54) is 16.9 Å². The number of benzene rings is 3. The van der Waals surface area contributed by atoms with Crippen molar-refractivity contribution in [1.82, 2.24) is 24.6 Å². The van der Waals surface area contributed by atoms with Gasteiger partial charge in [-0.3, -0.25) is 19.2 Å². The summed E-state index contributed by atoms with van der Waals surface area (Å²) >= 11 is 9.73. The maximum absolute atomic E-state index is 13.0. The van der Waals surface area contributed by atoms with Crippen molar-refractivity contribution in [3.05, 3.63) is 106 Å². The molecule has 2 aliphatic rings. The standard InChI is InChI=1S/C51H57ClN8O5S2.2CH4O/c1-6-7-14-42(49(64)53-4)58(5)41-16-15-38(39-13-9-11-35(29-62)44(39)41)33-17-20-59(21-18-33)50-56-40-25-32(28-54-48(40)57-50)31-66-60-22-19-37(27-51(60,2)3)55-36-12-8-10-34(26-36)47-45(52)46(65-24-23-61)43(30-63)67-47;2*1-2/h6,8-13,15-16,23,25-26,28-30,33,37,42,55H,1,7,14,17-22,24,27,31H2,2-5H3,(H,53,64)(H,54,56,57);2*2H,1H3. The van der Waals surface area contributed by atoms with Gasteiger partial charge < -0.3 is 40.4 Å². The summed E-state index contributed by atoms with van der Waals surface area (Å²) in [5, 5.41) is 22.8. The fourth-order valence-corrected chi connectivity index (χ4v) is 12.2. The number of amides is 1. The Morgan fingerprint density at radius 1 is 1.06 bits per heavy atom. The number of ether oxygens (including phenoxy) is 1. The zero-order chi connectivity index (χ0) is 51.2. The monoisotopic (exact) mass is 1020 g/mol. The maximum Gasteiger partial charge on any atom is 0.242 e. The number of H-pyrrole nitrogens is 1. The van der Waals surface area contributed by atoms with Gasteiger partial charge in [-0.25, -0.2) is 9.29 Å². The molecule has 2 atom stereocenters. The molecule has 3 aromatic heterocycles. The Morgan fingerprint density at radius 2 is 1.82 bits per heavy atom. The summed E-state index contributed by atoms with van der Waals surface area (Å²) in [4.78, 5) is 66.7. The van der Waals surface area contributed by atoms with Crippen LogP contribution < -0.4 is 25.2 Å². The lowest BCUT2D eigenvalue weighted by Gasteiger charge is -2.45. The first-order valence-electron chi connectivity index (χ1n) is 23.6. The van der Waals surface area contributed by atoms with Gasteiger partial charge in [0.05, 0.1) is 10.4 Å². The van der Waals surface area contributed by atoms with E-state index in [0.29, 0.717) is 52.4 Å². The first kappa shape index (κ1) is 54.5. The zero-order valence-corrected chi connectivity index (χ0v) is 43.6. The molecule has 1 amide bonds. The molecule has 3 aromatic carbocycles. The normalized spacial score (nSPS) is 16.2. The van der Waals surface area contributed by atoms with Crippen LogP contribution in [-0.2, 0) is 15.3 Å². The lowest BCUT2D eigenvalue weighted by molar-refractivity contribution is -0.122. The highest BCUT2D eigenvalue weighted by molar-refractivity contribution is 7.96. The maximum atomic E-state index is 13.0. The number of pyridine rings is 1. The average Bonchev–Trinajstić information content (AvgIpc) is 3.98. The highest BCUT2D eigenvalue weighted by atomic mass is 35.5. The summed E-state index contributed by atoms with van der Waals surface area (Å²) in [5.41, 5.74) is 7.22. The molecule has 2 aliphatic heterocycles. The number of nitrogens with one attached hydrogen (secondary N) is 3. The lowest BCUT2D eigenvalue weighted by Crippen LogP contribution is -2.49. The second-order valence-corrected chi connectivity index (χ2v) is 20.3. The number of anilines is 3. The molecule has 5 N–H and O–H groups in total. The fourth-order valence-electron chi connectivity index (χ4n) is 9.67. The molecule has 378 valence electrons. The van der Waals surface area contributed by atoms with Crippen LogP contribution in [0.3, 0.4) is 0 Å². The van der Waals surface area contributed by atoms with E-state index >= 15 is 0 Å². The molecular weight excluding hydrogens is 960 g/mol. The summed E-state index contributed by atoms with van der Waals surface area (Å²) in [6.07, 6.45) is 11.1. The van der Waals surface area contributed by atoms with Gasteiger partial charge >= 0.3 is 0 Å². The van der Waals surface area contributed by atoms with Gasteiger partial charge in [0, 0.05) is 93.8 Å². The van der Waals surface area contributed by atoms with Crippen molar-refractivity contribution in [3.63, 3.8) is 0 Å². The largest absolute Gasteiger partial charge is 0.483 e. The molecule has 18 heteroatoms. The second-order valence-electron chi connectivity index (χ2n) is 17.8. The van der Waals surface area contributed by atoms with Crippen LogP contribution >= 0.6 is 34.9 Å². The molecule has 2 saturated heterocycles. The van der Waals surface area contributed by atoms with E-state index in [4.69, 9.17) is 36.5 Å². The number of carbonyl (C=O) groups is 4. The molecule has 0 aliphatic carbocycles. The Morgan fingerprint density at radius 3 is 2.51 bits per heavy atom. The first-order chi connectivity index (χ1) is 34.5. The topological polar surface area (TPSA) is 193 Å². The SMILES string of the molecule is C=CCCC(C(=O)NC)N(C)c1ccc(C2CCN(c3nc4ncc(CSN5CCC(Nc6cccc(-c7sc(C=O)c(OCC=O)c7Cl)c6)CC5(C)C)cc4[nH]3)CC2)c2cccc(C=O)c12.CO.CO. The number of aromatic nitrogens is 3. The minimum atomic E-state index is -0.405. The summed E-state index contributed by atoms with van der Waals surface area (Å²) in [6, 6.07) is 20.2. The molecule has 6 aromatic rings. The molecule has 0 spiro atoms. The minimum absolute atomic E-state index is 0.0704. The molecular formula is C53H65ClN8O7S2. The molecule has 2 fully saturated rings. The van der Waals surface area contributed by atoms with E-state index in [1.807, 2.05) is 72.6 Å². The van der Waals surface area contributed by atoms with Crippen LogP contribution in [0.25, 0.3) is 32.4 Å². The van der Waals surface area contributed by atoms with E-state index in [1.54, 1.807) is 7.05 Å². The number of allylic oxidation sites excluding steroid dienone is 1. The Kier molecular flexibility index (Phi) is 19.6. The third-order valence-corrected chi connectivity index (χ3v) is 16.2. The number of aromatic amines is 1. The van der Waals surface area contributed by atoms with Crippen LogP contribution in [-0.4, -0.2) is 126 Å². The van der Waals surface area contributed by atoms with Crippen LogP contribution in [0.2, 0.25) is 5.02 Å². The molecule has 5 heterocycles. The summed E-state index contributed by atoms with van der Waals surface area (Å²) in [6.45, 7) is 10.8. The van der Waals surface area contributed by atoms with E-state index in [-0.39, 0.29) is 29.8 Å². The van der Waals surface area contributed by atoms with E-state index in [0.717, 1.165) is 121 Å². The van der Waals surface area contributed by atoms with Gasteiger partial charge in [0.2, 0.25) is 11.9 Å². The number of aliphatic hydroxyl groups is 2. The number of piperidine rings is 2. The first-order valence-corrected chi connectivity index (χ1v) is 25.8. The zero-order valence-electron chi connectivity index (χ0n) is 41.2. The number of imidazole rings is 1. The Balaban J connectivity index is 0.00000201. The van der Waals surface area contributed by atoms with E-state index < -0.39 is 6.04 Å². The number of nitrogens with zero attached hydrogens (tertiary/aromatic N) is 5. The van der Waals surface area contributed by atoms with Gasteiger partial charge in [-0.05, 0) is 105 Å². The van der Waals surface area contributed by atoms with Crippen molar-refractivity contribution >= 4 is 98.9 Å². The van der Waals surface area contributed by atoms with E-state index in [2.05, 4.69) is 69.5 Å². The minimum Gasteiger partial charge on any atom is -0.483 e. The van der Waals surface area contributed by atoms with Gasteiger partial charge in [-0.1, -0.05) is 66.0 Å². The van der Waals surface area contributed by atoms with Crippen LogP contribution in [0.5, 0.6) is 5.75 Å². The number of rotatable bonds is 19. The van der Waals surface area contributed by atoms with Crippen molar-refractivity contribution in [3.8, 4) is 16.2 Å². The quantitative estimate of drug-likeness (QED) is 0.0293. The molecule has 8 rings (SSSR count). The van der Waals surface area contributed by atoms with Crippen molar-refractivity contribution in [2.75, 3.05) is 69.7 Å². The van der Waals surface area contributed by atoms with Crippen molar-refractivity contribution < 1.29 is 34.1 Å². The number of thiophene rings is 1. The van der Waals surface area contributed by atoms with E-state index in [9.17, 15) is 19.2 Å². The van der Waals surface area contributed by atoms with Crippen molar-refractivity contribution in [1.29, 1.82) is 0 Å². The fraction of sp³-hybridized carbons (Fsp3) is 0.396. The number of carbonyl (C=O) groups excluding carboxylic acids is 4. The van der Waals surface area contributed by atoms with Crippen molar-refractivity contribution in [2.24, 2.45) is 0 Å². The summed E-state index contributed by atoms with van der Waals surface area (Å²) < 4.78 is 7.96. The highest BCUT2D eigenvalue weighted by Gasteiger charge is 2.36. The van der Waals surface area contributed by atoms with Crippen LogP contribution in [0.15, 0.2) is 79.5 Å². The van der Waals surface area contributed by atoms with Crippen LogP contribution in [0.4, 0.5) is 17.3 Å². The number of fused-ring (bicyclic) bond motifs is 2. The molecule has 0 radical (unpaired) electrons. The number of halogens is 1. The molecule has 0 bridgehead atoms. The number of hydrogen-bond acceptors (Lipinski definition) is 15. The number of hydrogen-bond donors (Lipinski definition) is 5. The third-order valence-electron chi connectivity index (χ3n) is 13.1. The van der Waals surface area contributed by atoms with Crippen LogP contribution in [0.1, 0.15) is 89.4 Å². The number of aldehydes is 3. The van der Waals surface area contributed by atoms with Gasteiger partial charge in [0.1, 0.15) is 22.5 Å². The number of likely N-dealkylation sites (N-methyl/N-ethyl adjacent to an activating group) is 2. The molecule has 15 nitrogen and oxygen atoms in total. The van der Waals surface area contributed by atoms with Gasteiger partial charge in [-0.15, -0.1) is 17.9 Å². The number of aliphatic hydroxyl groups excluding tert-OH is 2. The van der Waals surface area contributed by atoms with Crippen LogP contribution in [0, 0.1) is 0 Å². The van der Waals surface area contributed by atoms with Gasteiger partial charge in [0.25, 0.3) is 0 Å². The summed E-state index contributed by atoms with van der Waals surface area (Å²) in [7, 11) is 5.58. The Labute approximate surface area is 429 Å². The van der Waals surface area contributed by atoms with Gasteiger partial charge in [0.15, 0.2) is 30.3 Å². The summed E-state index contributed by atoms with van der Waals surface area (Å²) in [5.74, 6) is 2.08. The molecule has 0 saturated carbocycles. The second kappa shape index (κ2) is 25.5. The predicted molar refractivity (Wildman–Crippen MR) is 290 cm³/mol. The Hall–Kier alpha value is -5.82. The van der Waals surface area contributed by atoms with Gasteiger partial charge in [-0.2, -0.15) is 4.98 Å². The Bertz CT molecular complexity index is 2790. The highest BCUT2D eigenvalue weighted by Crippen LogP contribution is 2.46. The smallest absolute Gasteiger partial charge is 0.242 e. The third kappa shape index (κ3) is 12.4. The lowest BCUT2D eigenvalue weighted by atomic mass is 9.85. The molecule has 71 heavy (non-hydrogen) atoms. The average molecular weight is 1030 g/mol. The van der Waals surface area contributed by atoms with Crippen molar-refractivity contribution in [2.45, 2.75) is 81.7 Å². The predicted octanol–water partition coefficient (Wildman–Crippen LogP) is 9.32. The molecule has 2 unspecified atom stereocenters.